The molecule has 2 aromatic carbocycles. The van der Waals surface area contributed by atoms with E-state index in [-0.39, 0.29) is 13.3 Å². The van der Waals surface area contributed by atoms with Crippen molar-refractivity contribution in [3.8, 4) is 5.69 Å². The van der Waals surface area contributed by atoms with E-state index in [4.69, 9.17) is 0 Å². The fraction of sp³-hybridized carbons (Fsp3) is 0.158. The minimum absolute atomic E-state index is 0. The summed E-state index contributed by atoms with van der Waals surface area (Å²) in [6, 6.07) is 19.2. The third kappa shape index (κ3) is 3.31. The minimum atomic E-state index is -0.136. The summed E-state index contributed by atoms with van der Waals surface area (Å²) in [5, 5.41) is 7.41. The first kappa shape index (κ1) is 16.5. The number of benzene rings is 2. The summed E-state index contributed by atoms with van der Waals surface area (Å²) in [6.07, 6.45) is 0. The Hall–Kier alpha value is -2.88. The summed E-state index contributed by atoms with van der Waals surface area (Å²) in [4.78, 5) is 12.5. The van der Waals surface area contributed by atoms with Crippen LogP contribution in [-0.2, 0) is 0 Å². The van der Waals surface area contributed by atoms with Gasteiger partial charge >= 0.3 is 0 Å². The molecule has 0 radical (unpaired) electrons. The number of hydrogen-bond acceptors (Lipinski definition) is 2. The fourth-order valence-electron chi connectivity index (χ4n) is 2.51. The van der Waals surface area contributed by atoms with E-state index in [1.807, 2.05) is 74.5 Å². The number of nitrogens with one attached hydrogen (secondary N) is 1. The van der Waals surface area contributed by atoms with Crippen molar-refractivity contribution in [1.29, 1.82) is 0 Å². The van der Waals surface area contributed by atoms with Crippen molar-refractivity contribution in [3.05, 3.63) is 77.6 Å². The molecule has 0 aliphatic rings. The molecular formula is C19H21N3O. The number of carbonyl (C=O) groups excluding carboxylic acids is 1. The quantitative estimate of drug-likeness (QED) is 0.780. The summed E-state index contributed by atoms with van der Waals surface area (Å²) in [6.45, 7) is 3.76. The molecule has 0 fully saturated rings. The Labute approximate surface area is 136 Å². The molecule has 0 unspecified atom stereocenters. The summed E-state index contributed by atoms with van der Waals surface area (Å²) in [5.74, 6) is -0.136. The number of aromatic nitrogens is 2. The highest BCUT2D eigenvalue weighted by Gasteiger charge is 2.19. The molecule has 0 saturated carbocycles. The van der Waals surface area contributed by atoms with Gasteiger partial charge in [0.05, 0.1) is 22.6 Å². The maximum absolute atomic E-state index is 12.5. The molecule has 0 saturated heterocycles. The summed E-state index contributed by atoms with van der Waals surface area (Å²) >= 11 is 0. The van der Waals surface area contributed by atoms with Crippen molar-refractivity contribution in [2.75, 3.05) is 5.32 Å². The number of hydrogen-bond donors (Lipinski definition) is 1. The van der Waals surface area contributed by atoms with Crippen LogP contribution in [0.5, 0.6) is 0 Å². The maximum atomic E-state index is 12.5. The molecule has 0 atom stereocenters. The first-order chi connectivity index (χ1) is 10.7. The molecule has 4 heteroatoms. The van der Waals surface area contributed by atoms with Crippen molar-refractivity contribution < 1.29 is 4.79 Å². The molecule has 118 valence electrons. The van der Waals surface area contributed by atoms with Crippen molar-refractivity contribution in [2.45, 2.75) is 21.3 Å². The molecule has 0 bridgehead atoms. The zero-order valence-electron chi connectivity index (χ0n) is 12.6. The Morgan fingerprint density at radius 3 is 2.13 bits per heavy atom. The van der Waals surface area contributed by atoms with Crippen LogP contribution in [0.2, 0.25) is 0 Å². The number of aryl methyl sites for hydroxylation is 1. The van der Waals surface area contributed by atoms with Crippen LogP contribution >= 0.6 is 0 Å². The Bertz CT molecular complexity index is 792. The van der Waals surface area contributed by atoms with Crippen LogP contribution in [0.25, 0.3) is 5.69 Å². The van der Waals surface area contributed by atoms with E-state index in [2.05, 4.69) is 10.4 Å². The highest BCUT2D eigenvalue weighted by molar-refractivity contribution is 6.05. The molecule has 0 aliphatic carbocycles. The first-order valence-corrected chi connectivity index (χ1v) is 7.15. The van der Waals surface area contributed by atoms with Gasteiger partial charge in [-0.3, -0.25) is 4.79 Å². The maximum Gasteiger partial charge on any atom is 0.259 e. The van der Waals surface area contributed by atoms with Crippen molar-refractivity contribution >= 4 is 11.6 Å². The topological polar surface area (TPSA) is 46.9 Å². The highest BCUT2D eigenvalue weighted by Crippen LogP contribution is 2.19. The molecule has 3 rings (SSSR count). The van der Waals surface area contributed by atoms with Gasteiger partial charge in [0.2, 0.25) is 0 Å². The van der Waals surface area contributed by atoms with Crippen LogP contribution < -0.4 is 5.32 Å². The molecule has 1 N–H and O–H groups in total. The largest absolute Gasteiger partial charge is 0.322 e. The predicted octanol–water partition coefficient (Wildman–Crippen LogP) is 4.38. The lowest BCUT2D eigenvalue weighted by Gasteiger charge is -2.06. The lowest BCUT2D eigenvalue weighted by atomic mass is 10.1. The van der Waals surface area contributed by atoms with Crippen molar-refractivity contribution in [2.24, 2.45) is 0 Å². The van der Waals surface area contributed by atoms with Gasteiger partial charge in [0.25, 0.3) is 5.91 Å². The average molecular weight is 307 g/mol. The SMILES string of the molecule is C.Cc1nn(-c2ccccc2)c(C)c1C(=O)Nc1ccccc1. The monoisotopic (exact) mass is 307 g/mol. The summed E-state index contributed by atoms with van der Waals surface area (Å²) < 4.78 is 1.80. The lowest BCUT2D eigenvalue weighted by molar-refractivity contribution is 0.102. The number of carbonyl (C=O) groups is 1. The predicted molar refractivity (Wildman–Crippen MR) is 94.2 cm³/mol. The van der Waals surface area contributed by atoms with Crippen LogP contribution in [0, 0.1) is 13.8 Å². The first-order valence-electron chi connectivity index (χ1n) is 7.15. The van der Waals surface area contributed by atoms with Crippen molar-refractivity contribution in [1.82, 2.24) is 9.78 Å². The molecular weight excluding hydrogens is 286 g/mol. The van der Waals surface area contributed by atoms with Crippen LogP contribution in [0.3, 0.4) is 0 Å². The van der Waals surface area contributed by atoms with E-state index >= 15 is 0 Å². The Kier molecular flexibility index (Phi) is 4.96. The van der Waals surface area contributed by atoms with E-state index < -0.39 is 0 Å². The molecule has 1 amide bonds. The fourth-order valence-corrected chi connectivity index (χ4v) is 2.51. The number of para-hydroxylation sites is 2. The highest BCUT2D eigenvalue weighted by atomic mass is 16.1. The third-order valence-electron chi connectivity index (χ3n) is 3.55. The van der Waals surface area contributed by atoms with Gasteiger partial charge in [0.1, 0.15) is 0 Å². The standard InChI is InChI=1S/C18H17N3O.CH4/c1-13-17(18(22)19-15-9-5-3-6-10-15)14(2)21(20-13)16-11-7-4-8-12-16;/h3-12H,1-2H3,(H,19,22);1H4. The van der Waals surface area contributed by atoms with Crippen LogP contribution in [0.15, 0.2) is 60.7 Å². The number of anilines is 1. The number of amides is 1. The van der Waals surface area contributed by atoms with Gasteiger partial charge < -0.3 is 5.32 Å². The lowest BCUT2D eigenvalue weighted by Crippen LogP contribution is -2.14. The zero-order chi connectivity index (χ0) is 15.5. The second-order valence-electron chi connectivity index (χ2n) is 5.11. The third-order valence-corrected chi connectivity index (χ3v) is 3.55. The molecule has 3 aromatic rings. The van der Waals surface area contributed by atoms with Gasteiger partial charge in [0, 0.05) is 5.69 Å². The average Bonchev–Trinajstić information content (AvgIpc) is 2.84. The van der Waals surface area contributed by atoms with Crippen molar-refractivity contribution in [3.63, 3.8) is 0 Å². The van der Waals surface area contributed by atoms with E-state index in [0.717, 1.165) is 22.8 Å². The second kappa shape index (κ2) is 6.92. The van der Waals surface area contributed by atoms with Crippen LogP contribution in [0.1, 0.15) is 29.2 Å². The van der Waals surface area contributed by atoms with Gasteiger partial charge in [0.15, 0.2) is 0 Å². The molecule has 1 heterocycles. The number of rotatable bonds is 3. The molecule has 0 spiro atoms. The molecule has 1 aromatic heterocycles. The van der Waals surface area contributed by atoms with E-state index in [1.54, 1.807) is 4.68 Å². The molecule has 23 heavy (non-hydrogen) atoms. The number of nitrogens with zero attached hydrogens (tertiary/aromatic N) is 2. The van der Waals surface area contributed by atoms with E-state index in [1.165, 1.54) is 0 Å². The Morgan fingerprint density at radius 2 is 1.52 bits per heavy atom. The smallest absolute Gasteiger partial charge is 0.259 e. The molecule has 4 nitrogen and oxygen atoms in total. The van der Waals surface area contributed by atoms with Gasteiger partial charge in [-0.2, -0.15) is 5.10 Å². The van der Waals surface area contributed by atoms with Gasteiger partial charge in [-0.15, -0.1) is 0 Å². The van der Waals surface area contributed by atoms with Gasteiger partial charge in [-0.05, 0) is 38.1 Å². The second-order valence-corrected chi connectivity index (χ2v) is 5.11. The van der Waals surface area contributed by atoms with E-state index in [0.29, 0.717) is 5.56 Å². The minimum Gasteiger partial charge on any atom is -0.322 e. The normalized spacial score (nSPS) is 10.0. The Balaban J connectivity index is 0.00000192. The molecule has 0 aliphatic heterocycles. The van der Waals surface area contributed by atoms with Crippen LogP contribution in [0.4, 0.5) is 5.69 Å². The van der Waals surface area contributed by atoms with Gasteiger partial charge in [-0.1, -0.05) is 43.8 Å². The van der Waals surface area contributed by atoms with E-state index in [9.17, 15) is 4.79 Å². The summed E-state index contributed by atoms with van der Waals surface area (Å²) in [5.41, 5.74) is 3.89. The zero-order valence-corrected chi connectivity index (χ0v) is 12.6. The van der Waals surface area contributed by atoms with Gasteiger partial charge in [-0.25, -0.2) is 4.68 Å². The van der Waals surface area contributed by atoms with Crippen LogP contribution in [-0.4, -0.2) is 15.7 Å². The summed E-state index contributed by atoms with van der Waals surface area (Å²) in [7, 11) is 0. The Morgan fingerprint density at radius 1 is 0.957 bits per heavy atom.